The van der Waals surface area contributed by atoms with Crippen LogP contribution in [0.25, 0.3) is 0 Å². The first-order valence-corrected chi connectivity index (χ1v) is 5.18. The van der Waals surface area contributed by atoms with E-state index in [4.69, 9.17) is 5.73 Å². The lowest BCUT2D eigenvalue weighted by atomic mass is 10.1. The van der Waals surface area contributed by atoms with Gasteiger partial charge in [-0.3, -0.25) is 9.78 Å². The van der Waals surface area contributed by atoms with E-state index in [9.17, 15) is 4.79 Å². The van der Waals surface area contributed by atoms with Crippen molar-refractivity contribution in [3.05, 3.63) is 30.1 Å². The second-order valence-electron chi connectivity index (χ2n) is 3.45. The van der Waals surface area contributed by atoms with Crippen molar-refractivity contribution in [2.24, 2.45) is 5.73 Å². The van der Waals surface area contributed by atoms with Gasteiger partial charge in [0, 0.05) is 25.0 Å². The third kappa shape index (κ3) is 4.08. The number of carbonyl (C=O) groups is 1. The van der Waals surface area contributed by atoms with E-state index in [1.807, 2.05) is 6.92 Å². The summed E-state index contributed by atoms with van der Waals surface area (Å²) >= 11 is 0. The summed E-state index contributed by atoms with van der Waals surface area (Å²) in [5.74, 6) is -0.0913. The van der Waals surface area contributed by atoms with Crippen LogP contribution in [0.5, 0.6) is 0 Å². The molecule has 82 valence electrons. The van der Waals surface area contributed by atoms with Gasteiger partial charge in [0.1, 0.15) is 0 Å². The highest BCUT2D eigenvalue weighted by Gasteiger charge is 2.04. The minimum Gasteiger partial charge on any atom is -0.352 e. The lowest BCUT2D eigenvalue weighted by molar-refractivity contribution is 0.0952. The molecule has 0 saturated heterocycles. The van der Waals surface area contributed by atoms with Gasteiger partial charge in [0.25, 0.3) is 5.91 Å². The maximum absolute atomic E-state index is 11.5. The Balaban J connectivity index is 2.31. The van der Waals surface area contributed by atoms with Crippen LogP contribution in [-0.2, 0) is 0 Å². The fourth-order valence-corrected chi connectivity index (χ4v) is 1.17. The minimum absolute atomic E-state index is 0.0913. The molecular weight excluding hydrogens is 190 g/mol. The van der Waals surface area contributed by atoms with E-state index >= 15 is 0 Å². The molecule has 0 spiro atoms. The maximum atomic E-state index is 11.5. The van der Waals surface area contributed by atoms with E-state index < -0.39 is 0 Å². The lowest BCUT2D eigenvalue weighted by Crippen LogP contribution is -2.30. The molecule has 0 bridgehead atoms. The fourth-order valence-electron chi connectivity index (χ4n) is 1.17. The van der Waals surface area contributed by atoms with Crippen molar-refractivity contribution < 1.29 is 4.79 Å². The average Bonchev–Trinajstić information content (AvgIpc) is 2.29. The summed E-state index contributed by atoms with van der Waals surface area (Å²) in [6, 6.07) is 3.65. The average molecular weight is 207 g/mol. The van der Waals surface area contributed by atoms with Crippen LogP contribution in [0.4, 0.5) is 0 Å². The number of nitrogens with one attached hydrogen (secondary N) is 1. The van der Waals surface area contributed by atoms with Gasteiger partial charge in [0.15, 0.2) is 0 Å². The zero-order valence-corrected chi connectivity index (χ0v) is 8.94. The summed E-state index contributed by atoms with van der Waals surface area (Å²) in [5, 5.41) is 2.81. The Morgan fingerprint density at radius 1 is 1.67 bits per heavy atom. The van der Waals surface area contributed by atoms with E-state index in [1.54, 1.807) is 24.5 Å². The van der Waals surface area contributed by atoms with E-state index in [1.165, 1.54) is 0 Å². The first-order chi connectivity index (χ1) is 7.24. The number of hydrogen-bond donors (Lipinski definition) is 2. The van der Waals surface area contributed by atoms with E-state index in [2.05, 4.69) is 10.3 Å². The Bertz CT molecular complexity index is 300. The molecule has 1 atom stereocenters. The smallest absolute Gasteiger partial charge is 0.252 e. The molecule has 0 aliphatic carbocycles. The molecule has 0 saturated carbocycles. The highest BCUT2D eigenvalue weighted by atomic mass is 16.1. The first kappa shape index (κ1) is 11.7. The Morgan fingerprint density at radius 2 is 2.47 bits per heavy atom. The number of aromatic nitrogens is 1. The largest absolute Gasteiger partial charge is 0.352 e. The predicted molar refractivity (Wildman–Crippen MR) is 59.5 cm³/mol. The van der Waals surface area contributed by atoms with Crippen molar-refractivity contribution in [2.75, 3.05) is 6.54 Å². The molecule has 1 heterocycles. The van der Waals surface area contributed by atoms with Crippen molar-refractivity contribution in [2.45, 2.75) is 25.8 Å². The fraction of sp³-hybridized carbons (Fsp3) is 0.455. The standard InChI is InChI=1S/C11H17N3O/c1-2-10(12)5-7-14-11(15)9-4-3-6-13-8-9/h3-4,6,8,10H,2,5,7,12H2,1H3,(H,14,15). The van der Waals surface area contributed by atoms with Gasteiger partial charge in [-0.05, 0) is 25.0 Å². The van der Waals surface area contributed by atoms with Crippen molar-refractivity contribution >= 4 is 5.91 Å². The van der Waals surface area contributed by atoms with Gasteiger partial charge < -0.3 is 11.1 Å². The van der Waals surface area contributed by atoms with Gasteiger partial charge in [-0.25, -0.2) is 0 Å². The number of pyridine rings is 1. The summed E-state index contributed by atoms with van der Waals surface area (Å²) in [6.45, 7) is 2.65. The van der Waals surface area contributed by atoms with Gasteiger partial charge >= 0.3 is 0 Å². The van der Waals surface area contributed by atoms with Crippen molar-refractivity contribution in [3.8, 4) is 0 Å². The molecule has 1 aromatic rings. The molecule has 3 N–H and O–H groups in total. The Labute approximate surface area is 89.9 Å². The van der Waals surface area contributed by atoms with Crippen molar-refractivity contribution in [3.63, 3.8) is 0 Å². The lowest BCUT2D eigenvalue weighted by Gasteiger charge is -2.09. The molecule has 1 aromatic heterocycles. The van der Waals surface area contributed by atoms with Crippen molar-refractivity contribution in [1.29, 1.82) is 0 Å². The van der Waals surface area contributed by atoms with Gasteiger partial charge in [0.05, 0.1) is 5.56 Å². The SMILES string of the molecule is CCC(N)CCNC(=O)c1cccnc1. The van der Waals surface area contributed by atoms with Gasteiger partial charge in [0.2, 0.25) is 0 Å². The van der Waals surface area contributed by atoms with Crippen LogP contribution in [0.2, 0.25) is 0 Å². The van der Waals surface area contributed by atoms with Gasteiger partial charge in [-0.2, -0.15) is 0 Å². The molecular formula is C11H17N3O. The number of carbonyl (C=O) groups excluding carboxylic acids is 1. The van der Waals surface area contributed by atoms with Crippen LogP contribution < -0.4 is 11.1 Å². The first-order valence-electron chi connectivity index (χ1n) is 5.18. The molecule has 1 unspecified atom stereocenters. The zero-order valence-electron chi connectivity index (χ0n) is 8.94. The molecule has 0 aliphatic heterocycles. The molecule has 1 amide bonds. The van der Waals surface area contributed by atoms with Crippen LogP contribution in [0.3, 0.4) is 0 Å². The quantitative estimate of drug-likeness (QED) is 0.755. The summed E-state index contributed by atoms with van der Waals surface area (Å²) < 4.78 is 0. The van der Waals surface area contributed by atoms with Crippen LogP contribution in [-0.4, -0.2) is 23.5 Å². The van der Waals surface area contributed by atoms with E-state index in [0.29, 0.717) is 12.1 Å². The van der Waals surface area contributed by atoms with Gasteiger partial charge in [-0.15, -0.1) is 0 Å². The maximum Gasteiger partial charge on any atom is 0.252 e. The Hall–Kier alpha value is -1.42. The van der Waals surface area contributed by atoms with Crippen molar-refractivity contribution in [1.82, 2.24) is 10.3 Å². The van der Waals surface area contributed by atoms with E-state index in [-0.39, 0.29) is 11.9 Å². The van der Waals surface area contributed by atoms with Crippen LogP contribution in [0.15, 0.2) is 24.5 Å². The molecule has 0 radical (unpaired) electrons. The topological polar surface area (TPSA) is 68.0 Å². The Kier molecular flexibility index (Phi) is 4.77. The van der Waals surface area contributed by atoms with Crippen LogP contribution in [0, 0.1) is 0 Å². The number of rotatable bonds is 5. The van der Waals surface area contributed by atoms with Crippen LogP contribution >= 0.6 is 0 Å². The van der Waals surface area contributed by atoms with Crippen LogP contribution in [0.1, 0.15) is 30.1 Å². The molecule has 15 heavy (non-hydrogen) atoms. The third-order valence-electron chi connectivity index (χ3n) is 2.25. The number of nitrogens with two attached hydrogens (primary N) is 1. The monoisotopic (exact) mass is 207 g/mol. The van der Waals surface area contributed by atoms with Gasteiger partial charge in [-0.1, -0.05) is 6.92 Å². The molecule has 4 heteroatoms. The molecule has 0 aromatic carbocycles. The molecule has 0 fully saturated rings. The third-order valence-corrected chi connectivity index (χ3v) is 2.25. The molecule has 1 rings (SSSR count). The summed E-state index contributed by atoms with van der Waals surface area (Å²) in [7, 11) is 0. The second-order valence-corrected chi connectivity index (χ2v) is 3.45. The Morgan fingerprint density at radius 3 is 3.07 bits per heavy atom. The highest BCUT2D eigenvalue weighted by molar-refractivity contribution is 5.93. The van der Waals surface area contributed by atoms with E-state index in [0.717, 1.165) is 12.8 Å². The molecule has 4 nitrogen and oxygen atoms in total. The molecule has 0 aliphatic rings. The summed E-state index contributed by atoms with van der Waals surface area (Å²) in [5.41, 5.74) is 6.32. The highest BCUT2D eigenvalue weighted by Crippen LogP contribution is 1.96. The number of hydrogen-bond acceptors (Lipinski definition) is 3. The normalized spacial score (nSPS) is 12.1. The number of nitrogens with zero attached hydrogens (tertiary/aromatic N) is 1. The number of amides is 1. The minimum atomic E-state index is -0.0913. The second kappa shape index (κ2) is 6.14. The summed E-state index contributed by atoms with van der Waals surface area (Å²) in [6.07, 6.45) is 4.93. The summed E-state index contributed by atoms with van der Waals surface area (Å²) in [4.78, 5) is 15.4. The zero-order chi connectivity index (χ0) is 11.1. The predicted octanol–water partition coefficient (Wildman–Crippen LogP) is 0.939.